The number of ether oxygens (including phenoxy) is 2. The highest BCUT2D eigenvalue weighted by Crippen LogP contribution is 2.30. The molecule has 1 atom stereocenters. The number of amides is 2. The molecule has 130 valence electrons. The smallest absolute Gasteiger partial charge is 0.347 e. The van der Waals surface area contributed by atoms with Crippen LogP contribution >= 0.6 is 0 Å². The fourth-order valence-corrected chi connectivity index (χ4v) is 2.68. The first-order valence-corrected chi connectivity index (χ1v) is 7.40. The standard InChI is InChI=1S/C15H12N2O8/c18-11(25-10-5-7-24-15(10)21)4-6-16-13(19)8-2-1-3-9(17(22)23)12(8)14(16)20/h1-3,10H,4-7H2. The summed E-state index contributed by atoms with van der Waals surface area (Å²) in [6, 6.07) is 3.76. The van der Waals surface area contributed by atoms with Gasteiger partial charge in [-0.05, 0) is 6.07 Å². The summed E-state index contributed by atoms with van der Waals surface area (Å²) in [5.74, 6) is -2.95. The molecule has 1 unspecified atom stereocenters. The van der Waals surface area contributed by atoms with Crippen LogP contribution in [0.2, 0.25) is 0 Å². The van der Waals surface area contributed by atoms with Crippen LogP contribution in [0.4, 0.5) is 5.69 Å². The Kier molecular flexibility index (Phi) is 4.17. The monoisotopic (exact) mass is 348 g/mol. The third-order valence-electron chi connectivity index (χ3n) is 3.87. The Balaban J connectivity index is 1.68. The number of fused-ring (bicyclic) bond motifs is 1. The van der Waals surface area contributed by atoms with Crippen LogP contribution in [0.3, 0.4) is 0 Å². The molecule has 1 aromatic rings. The molecule has 25 heavy (non-hydrogen) atoms. The zero-order chi connectivity index (χ0) is 18.1. The van der Waals surface area contributed by atoms with Crippen molar-refractivity contribution in [2.75, 3.05) is 13.2 Å². The molecule has 2 aliphatic heterocycles. The van der Waals surface area contributed by atoms with E-state index < -0.39 is 40.5 Å². The number of nitro benzene ring substituents is 1. The number of hydrogen-bond acceptors (Lipinski definition) is 8. The normalized spacial score (nSPS) is 19.0. The number of hydrogen-bond donors (Lipinski definition) is 0. The Labute approximate surface area is 140 Å². The lowest BCUT2D eigenvalue weighted by atomic mass is 10.1. The quantitative estimate of drug-likeness (QED) is 0.324. The Bertz CT molecular complexity index is 803. The van der Waals surface area contributed by atoms with Crippen LogP contribution in [0.1, 0.15) is 33.6 Å². The van der Waals surface area contributed by atoms with Crippen molar-refractivity contribution in [2.45, 2.75) is 18.9 Å². The highest BCUT2D eigenvalue weighted by atomic mass is 16.6. The Morgan fingerprint density at radius 1 is 1.32 bits per heavy atom. The molecule has 0 radical (unpaired) electrons. The topological polar surface area (TPSA) is 133 Å². The molecule has 0 saturated carbocycles. The minimum atomic E-state index is -0.976. The molecule has 0 spiro atoms. The lowest BCUT2D eigenvalue weighted by Crippen LogP contribution is -2.33. The number of nitro groups is 1. The van der Waals surface area contributed by atoms with Gasteiger partial charge in [-0.25, -0.2) is 4.79 Å². The molecule has 1 aromatic carbocycles. The molecule has 2 amide bonds. The van der Waals surface area contributed by atoms with E-state index in [1.807, 2.05) is 0 Å². The van der Waals surface area contributed by atoms with Crippen molar-refractivity contribution >= 4 is 29.4 Å². The van der Waals surface area contributed by atoms with Gasteiger partial charge in [-0.1, -0.05) is 6.07 Å². The molecule has 0 N–H and O–H groups in total. The molecule has 1 fully saturated rings. The van der Waals surface area contributed by atoms with Gasteiger partial charge in [0, 0.05) is 19.0 Å². The molecule has 0 aromatic heterocycles. The van der Waals surface area contributed by atoms with Crippen LogP contribution < -0.4 is 0 Å². The number of carbonyl (C=O) groups is 4. The number of imide groups is 1. The summed E-state index contributed by atoms with van der Waals surface area (Å²) in [5, 5.41) is 11.0. The van der Waals surface area contributed by atoms with Crippen molar-refractivity contribution in [2.24, 2.45) is 0 Å². The van der Waals surface area contributed by atoms with Crippen molar-refractivity contribution in [3.63, 3.8) is 0 Å². The van der Waals surface area contributed by atoms with E-state index in [0.29, 0.717) is 0 Å². The van der Waals surface area contributed by atoms with Crippen LogP contribution in [0.5, 0.6) is 0 Å². The summed E-state index contributed by atoms with van der Waals surface area (Å²) in [4.78, 5) is 58.6. The summed E-state index contributed by atoms with van der Waals surface area (Å²) >= 11 is 0. The molecular formula is C15H12N2O8. The number of cyclic esters (lactones) is 1. The van der Waals surface area contributed by atoms with E-state index >= 15 is 0 Å². The predicted octanol–water partition coefficient (Wildman–Crippen LogP) is 0.440. The maximum absolute atomic E-state index is 12.3. The molecule has 0 bridgehead atoms. The van der Waals surface area contributed by atoms with Crippen molar-refractivity contribution < 1.29 is 33.6 Å². The van der Waals surface area contributed by atoms with E-state index in [1.165, 1.54) is 12.1 Å². The number of rotatable bonds is 5. The third kappa shape index (κ3) is 2.93. The summed E-state index contributed by atoms with van der Waals surface area (Å²) in [7, 11) is 0. The number of esters is 2. The Morgan fingerprint density at radius 2 is 2.08 bits per heavy atom. The van der Waals surface area contributed by atoms with Gasteiger partial charge < -0.3 is 9.47 Å². The van der Waals surface area contributed by atoms with E-state index in [1.54, 1.807) is 0 Å². The first-order valence-electron chi connectivity index (χ1n) is 7.40. The van der Waals surface area contributed by atoms with Gasteiger partial charge >= 0.3 is 11.9 Å². The molecule has 2 heterocycles. The third-order valence-corrected chi connectivity index (χ3v) is 3.87. The maximum Gasteiger partial charge on any atom is 0.347 e. The van der Waals surface area contributed by atoms with Crippen LogP contribution in [-0.2, 0) is 19.1 Å². The van der Waals surface area contributed by atoms with Crippen LogP contribution in [-0.4, -0.2) is 52.8 Å². The average molecular weight is 348 g/mol. The van der Waals surface area contributed by atoms with Gasteiger partial charge in [0.05, 0.1) is 23.5 Å². The van der Waals surface area contributed by atoms with Gasteiger partial charge in [0.1, 0.15) is 5.56 Å². The minimum Gasteiger partial charge on any atom is -0.463 e. The van der Waals surface area contributed by atoms with Crippen molar-refractivity contribution in [3.05, 3.63) is 39.4 Å². The molecule has 10 heteroatoms. The molecule has 1 saturated heterocycles. The maximum atomic E-state index is 12.3. The minimum absolute atomic E-state index is 0.0769. The first kappa shape index (κ1) is 16.6. The summed E-state index contributed by atoms with van der Waals surface area (Å²) < 4.78 is 9.58. The highest BCUT2D eigenvalue weighted by Gasteiger charge is 2.41. The molecule has 10 nitrogen and oxygen atoms in total. The number of benzene rings is 1. The molecule has 0 aliphatic carbocycles. The van der Waals surface area contributed by atoms with Gasteiger partial charge in [0.2, 0.25) is 6.10 Å². The second-order valence-electron chi connectivity index (χ2n) is 5.40. The van der Waals surface area contributed by atoms with Gasteiger partial charge in [-0.3, -0.25) is 29.4 Å². The second kappa shape index (κ2) is 6.30. The predicted molar refractivity (Wildman–Crippen MR) is 78.5 cm³/mol. The SMILES string of the molecule is O=C(CCN1C(=O)c2cccc([N+](=O)[O-])c2C1=O)OC1CCOC1=O. The van der Waals surface area contributed by atoms with Crippen LogP contribution in [0.25, 0.3) is 0 Å². The van der Waals surface area contributed by atoms with Gasteiger partial charge in [0.25, 0.3) is 17.5 Å². The summed E-state index contributed by atoms with van der Waals surface area (Å²) in [6.45, 7) is -0.136. The Morgan fingerprint density at radius 3 is 2.72 bits per heavy atom. The fraction of sp³-hybridized carbons (Fsp3) is 0.333. The van der Waals surface area contributed by atoms with E-state index in [2.05, 4.69) is 4.74 Å². The zero-order valence-electron chi connectivity index (χ0n) is 12.8. The molecule has 2 aliphatic rings. The fourth-order valence-electron chi connectivity index (χ4n) is 2.68. The zero-order valence-corrected chi connectivity index (χ0v) is 12.8. The number of carbonyl (C=O) groups excluding carboxylic acids is 4. The van der Waals surface area contributed by atoms with Gasteiger partial charge in [0.15, 0.2) is 0 Å². The summed E-state index contributed by atoms with van der Waals surface area (Å²) in [6.07, 6.45) is -1.05. The lowest BCUT2D eigenvalue weighted by Gasteiger charge is -2.14. The van der Waals surface area contributed by atoms with E-state index in [0.717, 1.165) is 11.0 Å². The van der Waals surface area contributed by atoms with E-state index in [9.17, 15) is 29.3 Å². The molecular weight excluding hydrogens is 336 g/mol. The first-order chi connectivity index (χ1) is 11.9. The second-order valence-corrected chi connectivity index (χ2v) is 5.40. The van der Waals surface area contributed by atoms with Gasteiger partial charge in [-0.15, -0.1) is 0 Å². The van der Waals surface area contributed by atoms with Crippen LogP contribution in [0, 0.1) is 10.1 Å². The highest BCUT2D eigenvalue weighted by molar-refractivity contribution is 6.23. The van der Waals surface area contributed by atoms with E-state index in [-0.39, 0.29) is 37.1 Å². The van der Waals surface area contributed by atoms with Crippen molar-refractivity contribution in [3.8, 4) is 0 Å². The van der Waals surface area contributed by atoms with E-state index in [4.69, 9.17) is 4.74 Å². The van der Waals surface area contributed by atoms with Crippen molar-refractivity contribution in [1.82, 2.24) is 4.90 Å². The molecule has 3 rings (SSSR count). The van der Waals surface area contributed by atoms with Gasteiger partial charge in [-0.2, -0.15) is 0 Å². The average Bonchev–Trinajstić information content (AvgIpc) is 3.08. The summed E-state index contributed by atoms with van der Waals surface area (Å²) in [5.41, 5.74) is -0.827. The number of nitrogens with zero attached hydrogens (tertiary/aromatic N) is 2. The largest absolute Gasteiger partial charge is 0.463 e. The van der Waals surface area contributed by atoms with Crippen molar-refractivity contribution in [1.29, 1.82) is 0 Å². The Hall–Kier alpha value is -3.30. The lowest BCUT2D eigenvalue weighted by molar-refractivity contribution is -0.385. The van der Waals surface area contributed by atoms with Crippen LogP contribution in [0.15, 0.2) is 18.2 Å².